The summed E-state index contributed by atoms with van der Waals surface area (Å²) in [5.41, 5.74) is 6.31. The molecule has 1 amide bonds. The number of thioether (sulfide) groups is 1. The normalized spacial score (nSPS) is 12.4. The number of nitrogens with one attached hydrogen (secondary N) is 1. The van der Waals surface area contributed by atoms with E-state index in [-0.39, 0.29) is 11.2 Å². The van der Waals surface area contributed by atoms with Crippen LogP contribution in [-0.2, 0) is 11.8 Å². The van der Waals surface area contributed by atoms with Gasteiger partial charge >= 0.3 is 0 Å². The smallest absolute Gasteiger partial charge is 0.237 e. The van der Waals surface area contributed by atoms with Crippen LogP contribution in [0, 0.1) is 20.8 Å². The van der Waals surface area contributed by atoms with E-state index in [1.54, 1.807) is 0 Å². The fraction of sp³-hybridized carbons (Fsp3) is 0.300. The van der Waals surface area contributed by atoms with Crippen LogP contribution in [0.2, 0.25) is 0 Å². The van der Waals surface area contributed by atoms with Crippen LogP contribution in [0.5, 0.6) is 0 Å². The van der Waals surface area contributed by atoms with Crippen molar-refractivity contribution < 1.29 is 4.79 Å². The molecule has 3 aromatic rings. The van der Waals surface area contributed by atoms with Crippen molar-refractivity contribution in [3.8, 4) is 0 Å². The van der Waals surface area contributed by atoms with Gasteiger partial charge in [-0.1, -0.05) is 41.6 Å². The minimum absolute atomic E-state index is 0.00731. The first-order valence-corrected chi connectivity index (χ1v) is 9.21. The first kappa shape index (κ1) is 17.5. The van der Waals surface area contributed by atoms with Crippen molar-refractivity contribution in [2.24, 2.45) is 7.05 Å². The molecule has 0 spiro atoms. The first-order chi connectivity index (χ1) is 11.9. The van der Waals surface area contributed by atoms with Gasteiger partial charge in [0, 0.05) is 12.7 Å². The second kappa shape index (κ2) is 6.92. The van der Waals surface area contributed by atoms with Crippen LogP contribution < -0.4 is 5.32 Å². The second-order valence-corrected chi connectivity index (χ2v) is 7.77. The standard InChI is InChI=1S/C20H23N3OS/c1-12-10-13(2)18(14(3)11-12)22-19(24)15(4)25-20-21-16-8-6-7-9-17(16)23(20)5/h6-11,15H,1-5H3,(H,22,24). The van der Waals surface area contributed by atoms with E-state index in [4.69, 9.17) is 0 Å². The molecule has 1 heterocycles. The predicted octanol–water partition coefficient (Wildman–Crippen LogP) is 4.62. The number of carbonyl (C=O) groups excluding carboxylic acids is 1. The molecule has 2 aromatic carbocycles. The maximum Gasteiger partial charge on any atom is 0.237 e. The Balaban J connectivity index is 1.78. The van der Waals surface area contributed by atoms with E-state index in [1.165, 1.54) is 17.3 Å². The van der Waals surface area contributed by atoms with Gasteiger partial charge in [0.25, 0.3) is 0 Å². The molecule has 3 rings (SSSR count). The topological polar surface area (TPSA) is 46.9 Å². The fourth-order valence-corrected chi connectivity index (χ4v) is 3.93. The number of nitrogens with zero attached hydrogens (tertiary/aromatic N) is 2. The van der Waals surface area contributed by atoms with E-state index in [1.807, 2.05) is 56.7 Å². The summed E-state index contributed by atoms with van der Waals surface area (Å²) in [6.07, 6.45) is 0. The molecule has 0 aliphatic rings. The lowest BCUT2D eigenvalue weighted by atomic mass is 10.1. The Kier molecular flexibility index (Phi) is 4.86. The zero-order chi connectivity index (χ0) is 18.1. The van der Waals surface area contributed by atoms with Gasteiger partial charge in [-0.05, 0) is 51.0 Å². The number of benzene rings is 2. The number of hydrogen-bond donors (Lipinski definition) is 1. The zero-order valence-electron chi connectivity index (χ0n) is 15.3. The van der Waals surface area contributed by atoms with Crippen LogP contribution in [0.15, 0.2) is 41.6 Å². The number of aromatic nitrogens is 2. The van der Waals surface area contributed by atoms with Gasteiger partial charge in [-0.3, -0.25) is 4.79 Å². The SMILES string of the molecule is Cc1cc(C)c(NC(=O)C(C)Sc2nc3ccccc3n2C)c(C)c1. The Morgan fingerprint density at radius 1 is 1.16 bits per heavy atom. The van der Waals surface area contributed by atoms with Gasteiger partial charge in [0.15, 0.2) is 5.16 Å². The van der Waals surface area contributed by atoms with Gasteiger partial charge in [-0.25, -0.2) is 4.98 Å². The third-order valence-corrected chi connectivity index (χ3v) is 5.47. The molecule has 130 valence electrons. The molecule has 0 aliphatic carbocycles. The summed E-state index contributed by atoms with van der Waals surface area (Å²) in [5.74, 6) is -0.00731. The molecule has 1 N–H and O–H groups in total. The second-order valence-electron chi connectivity index (χ2n) is 6.47. The van der Waals surface area contributed by atoms with E-state index in [9.17, 15) is 4.79 Å². The van der Waals surface area contributed by atoms with Crippen molar-refractivity contribution in [2.45, 2.75) is 38.1 Å². The molecule has 0 fully saturated rings. The van der Waals surface area contributed by atoms with Crippen LogP contribution >= 0.6 is 11.8 Å². The molecule has 0 radical (unpaired) electrons. The van der Waals surface area contributed by atoms with Gasteiger partial charge in [0.1, 0.15) is 0 Å². The Morgan fingerprint density at radius 3 is 2.44 bits per heavy atom. The summed E-state index contributed by atoms with van der Waals surface area (Å²) in [6.45, 7) is 8.03. The summed E-state index contributed by atoms with van der Waals surface area (Å²) >= 11 is 1.48. The lowest BCUT2D eigenvalue weighted by Crippen LogP contribution is -2.23. The number of amides is 1. The third kappa shape index (κ3) is 3.56. The number of para-hydroxylation sites is 2. The molecule has 0 aliphatic heterocycles. The Hall–Kier alpha value is -2.27. The average Bonchev–Trinajstić information content (AvgIpc) is 2.87. The fourth-order valence-electron chi connectivity index (χ4n) is 3.04. The van der Waals surface area contributed by atoms with E-state index in [0.717, 1.165) is 33.0 Å². The van der Waals surface area contributed by atoms with Crippen molar-refractivity contribution in [1.29, 1.82) is 0 Å². The summed E-state index contributed by atoms with van der Waals surface area (Å²) in [6, 6.07) is 12.2. The van der Waals surface area contributed by atoms with Crippen LogP contribution in [0.4, 0.5) is 5.69 Å². The summed E-state index contributed by atoms with van der Waals surface area (Å²) in [4.78, 5) is 17.3. The molecule has 5 heteroatoms. The molecular weight excluding hydrogens is 330 g/mol. The van der Waals surface area contributed by atoms with Gasteiger partial charge in [0.2, 0.25) is 5.91 Å². The minimum Gasteiger partial charge on any atom is -0.325 e. The van der Waals surface area contributed by atoms with Crippen LogP contribution in [-0.4, -0.2) is 20.7 Å². The number of imidazole rings is 1. The van der Waals surface area contributed by atoms with Crippen LogP contribution in [0.1, 0.15) is 23.6 Å². The molecule has 25 heavy (non-hydrogen) atoms. The highest BCUT2D eigenvalue weighted by Gasteiger charge is 2.19. The molecule has 1 aromatic heterocycles. The Morgan fingerprint density at radius 2 is 1.80 bits per heavy atom. The minimum atomic E-state index is -0.240. The highest BCUT2D eigenvalue weighted by molar-refractivity contribution is 8.00. The molecular formula is C20H23N3OS. The van der Waals surface area contributed by atoms with Gasteiger partial charge < -0.3 is 9.88 Å². The third-order valence-electron chi connectivity index (χ3n) is 4.32. The van der Waals surface area contributed by atoms with E-state index >= 15 is 0 Å². The van der Waals surface area contributed by atoms with Gasteiger partial charge in [0.05, 0.1) is 16.3 Å². The van der Waals surface area contributed by atoms with Crippen molar-refractivity contribution in [1.82, 2.24) is 9.55 Å². The lowest BCUT2D eigenvalue weighted by molar-refractivity contribution is -0.115. The van der Waals surface area contributed by atoms with Crippen molar-refractivity contribution in [2.75, 3.05) is 5.32 Å². The monoisotopic (exact) mass is 353 g/mol. The summed E-state index contributed by atoms with van der Waals surface area (Å²) in [7, 11) is 1.98. The molecule has 1 unspecified atom stereocenters. The number of anilines is 1. The van der Waals surface area contributed by atoms with Gasteiger partial charge in [-0.2, -0.15) is 0 Å². The highest BCUT2D eigenvalue weighted by atomic mass is 32.2. The number of aryl methyl sites for hydroxylation is 4. The number of carbonyl (C=O) groups is 1. The maximum absolute atomic E-state index is 12.7. The van der Waals surface area contributed by atoms with Crippen LogP contribution in [0.25, 0.3) is 11.0 Å². The molecule has 0 saturated heterocycles. The molecule has 1 atom stereocenters. The highest BCUT2D eigenvalue weighted by Crippen LogP contribution is 2.28. The van der Waals surface area contributed by atoms with Crippen molar-refractivity contribution in [3.05, 3.63) is 53.1 Å². The summed E-state index contributed by atoms with van der Waals surface area (Å²) < 4.78 is 2.03. The lowest BCUT2D eigenvalue weighted by Gasteiger charge is -2.16. The number of hydrogen-bond acceptors (Lipinski definition) is 3. The predicted molar refractivity (Wildman–Crippen MR) is 105 cm³/mol. The molecule has 4 nitrogen and oxygen atoms in total. The molecule has 0 saturated carbocycles. The average molecular weight is 353 g/mol. The largest absolute Gasteiger partial charge is 0.325 e. The number of rotatable bonds is 4. The van der Waals surface area contributed by atoms with E-state index in [0.29, 0.717) is 0 Å². The van der Waals surface area contributed by atoms with Crippen molar-refractivity contribution in [3.63, 3.8) is 0 Å². The van der Waals surface area contributed by atoms with Gasteiger partial charge in [-0.15, -0.1) is 0 Å². The number of fused-ring (bicyclic) bond motifs is 1. The van der Waals surface area contributed by atoms with Crippen LogP contribution in [0.3, 0.4) is 0 Å². The molecule has 0 bridgehead atoms. The quantitative estimate of drug-likeness (QED) is 0.696. The Labute approximate surface area is 152 Å². The van der Waals surface area contributed by atoms with Crippen molar-refractivity contribution >= 4 is 34.4 Å². The summed E-state index contributed by atoms with van der Waals surface area (Å²) in [5, 5.41) is 3.69. The first-order valence-electron chi connectivity index (χ1n) is 8.33. The maximum atomic E-state index is 12.7. The van der Waals surface area contributed by atoms with E-state index in [2.05, 4.69) is 29.4 Å². The Bertz CT molecular complexity index is 922. The van der Waals surface area contributed by atoms with E-state index < -0.39 is 0 Å². The zero-order valence-corrected chi connectivity index (χ0v) is 16.1.